The molecule has 2 N–H and O–H groups in total. The van der Waals surface area contributed by atoms with Crippen molar-refractivity contribution in [1.82, 2.24) is 15.2 Å². The number of para-hydroxylation sites is 2. The summed E-state index contributed by atoms with van der Waals surface area (Å²) < 4.78 is 5.62. The number of aromatic nitrogens is 3. The van der Waals surface area contributed by atoms with Gasteiger partial charge in [0.25, 0.3) is 0 Å². The summed E-state index contributed by atoms with van der Waals surface area (Å²) in [4.78, 5) is 4.48. The number of benzene rings is 1. The Bertz CT molecular complexity index is 716. The molecule has 0 fully saturated rings. The van der Waals surface area contributed by atoms with Gasteiger partial charge in [0.05, 0.1) is 18.5 Å². The summed E-state index contributed by atoms with van der Waals surface area (Å²) in [7, 11) is 0. The van der Waals surface area contributed by atoms with Crippen LogP contribution in [0.25, 0.3) is 0 Å². The molecule has 1 aromatic heterocycles. The standard InChI is InChI=1S/C19H25N5O/c1-2-25-17-11-7-6-10-16(17)22-18-14-21-24-19(23-18)20-13-12-15-8-4-3-5-9-15/h6-8,10-11,14H,2-5,9,12-13H2,1H3,(H2,20,22,23,24). The SMILES string of the molecule is CCOc1ccccc1Nc1cnnc(NCCC2=CCCCC2)n1. The number of rotatable bonds is 8. The van der Waals surface area contributed by atoms with Crippen molar-refractivity contribution in [1.29, 1.82) is 0 Å². The normalized spacial score (nSPS) is 13.9. The number of nitrogens with zero attached hydrogens (tertiary/aromatic N) is 3. The maximum absolute atomic E-state index is 5.62. The predicted molar refractivity (Wildman–Crippen MR) is 100 cm³/mol. The van der Waals surface area contributed by atoms with Gasteiger partial charge in [-0.3, -0.25) is 0 Å². The minimum atomic E-state index is 0.537. The van der Waals surface area contributed by atoms with Crippen molar-refractivity contribution < 1.29 is 4.74 Å². The molecule has 6 nitrogen and oxygen atoms in total. The number of anilines is 3. The molecule has 1 aromatic carbocycles. The first-order valence-electron chi connectivity index (χ1n) is 8.95. The molecular formula is C19H25N5O. The first-order valence-corrected chi connectivity index (χ1v) is 8.95. The second-order valence-corrected chi connectivity index (χ2v) is 6.00. The second-order valence-electron chi connectivity index (χ2n) is 6.00. The highest BCUT2D eigenvalue weighted by molar-refractivity contribution is 5.63. The first-order chi connectivity index (χ1) is 12.3. The smallest absolute Gasteiger partial charge is 0.244 e. The Kier molecular flexibility index (Phi) is 6.20. The van der Waals surface area contributed by atoms with E-state index in [9.17, 15) is 0 Å². The molecule has 0 unspecified atom stereocenters. The Morgan fingerprint density at radius 2 is 2.12 bits per heavy atom. The summed E-state index contributed by atoms with van der Waals surface area (Å²) >= 11 is 0. The fourth-order valence-corrected chi connectivity index (χ4v) is 2.89. The summed E-state index contributed by atoms with van der Waals surface area (Å²) in [5.74, 6) is 1.97. The van der Waals surface area contributed by atoms with Gasteiger partial charge in [-0.05, 0) is 51.2 Å². The summed E-state index contributed by atoms with van der Waals surface area (Å²) in [6, 6.07) is 7.78. The van der Waals surface area contributed by atoms with Crippen LogP contribution in [0.4, 0.5) is 17.5 Å². The molecule has 25 heavy (non-hydrogen) atoms. The number of ether oxygens (including phenoxy) is 1. The molecule has 2 aromatic rings. The molecule has 6 heteroatoms. The monoisotopic (exact) mass is 339 g/mol. The third-order valence-corrected chi connectivity index (χ3v) is 4.12. The summed E-state index contributed by atoms with van der Waals surface area (Å²) in [6.45, 7) is 3.41. The highest BCUT2D eigenvalue weighted by Crippen LogP contribution is 2.26. The van der Waals surface area contributed by atoms with E-state index in [0.29, 0.717) is 18.4 Å². The average molecular weight is 339 g/mol. The van der Waals surface area contributed by atoms with Crippen LogP contribution in [0, 0.1) is 0 Å². The van der Waals surface area contributed by atoms with Crippen LogP contribution in [0.1, 0.15) is 39.0 Å². The van der Waals surface area contributed by atoms with E-state index in [2.05, 4.69) is 31.9 Å². The van der Waals surface area contributed by atoms with Crippen LogP contribution in [0.15, 0.2) is 42.1 Å². The molecule has 0 bridgehead atoms. The van der Waals surface area contributed by atoms with E-state index < -0.39 is 0 Å². The van der Waals surface area contributed by atoms with Crippen molar-refractivity contribution in [3.63, 3.8) is 0 Å². The van der Waals surface area contributed by atoms with Crippen LogP contribution in [0.5, 0.6) is 5.75 Å². The van der Waals surface area contributed by atoms with Crippen molar-refractivity contribution in [3.8, 4) is 5.75 Å². The van der Waals surface area contributed by atoms with E-state index in [-0.39, 0.29) is 0 Å². The predicted octanol–water partition coefficient (Wildman–Crippen LogP) is 4.32. The number of allylic oxidation sites excluding steroid dienone is 1. The molecule has 3 rings (SSSR count). The summed E-state index contributed by atoms with van der Waals surface area (Å²) in [6.07, 6.45) is 10.1. The summed E-state index contributed by atoms with van der Waals surface area (Å²) in [5, 5.41) is 14.6. The zero-order valence-electron chi connectivity index (χ0n) is 14.7. The topological polar surface area (TPSA) is 72.0 Å². The molecule has 0 spiro atoms. The first kappa shape index (κ1) is 17.2. The van der Waals surface area contributed by atoms with E-state index in [1.54, 1.807) is 6.20 Å². The van der Waals surface area contributed by atoms with Crippen molar-refractivity contribution in [2.24, 2.45) is 0 Å². The Morgan fingerprint density at radius 1 is 1.20 bits per heavy atom. The maximum Gasteiger partial charge on any atom is 0.244 e. The lowest BCUT2D eigenvalue weighted by molar-refractivity contribution is 0.342. The van der Waals surface area contributed by atoms with Crippen LogP contribution in [-0.2, 0) is 0 Å². The van der Waals surface area contributed by atoms with Crippen LogP contribution in [-0.4, -0.2) is 28.3 Å². The molecule has 0 aliphatic heterocycles. The molecule has 0 atom stereocenters. The minimum Gasteiger partial charge on any atom is -0.492 e. The molecule has 0 saturated carbocycles. The van der Waals surface area contributed by atoms with Crippen LogP contribution < -0.4 is 15.4 Å². The number of nitrogens with one attached hydrogen (secondary N) is 2. The summed E-state index contributed by atoms with van der Waals surface area (Å²) in [5.41, 5.74) is 2.40. The van der Waals surface area contributed by atoms with Gasteiger partial charge in [-0.25, -0.2) is 0 Å². The van der Waals surface area contributed by atoms with Gasteiger partial charge < -0.3 is 15.4 Å². The lowest BCUT2D eigenvalue weighted by Gasteiger charge is -2.13. The van der Waals surface area contributed by atoms with Gasteiger partial charge in [0.1, 0.15) is 5.75 Å². The lowest BCUT2D eigenvalue weighted by atomic mass is 9.97. The van der Waals surface area contributed by atoms with E-state index >= 15 is 0 Å². The zero-order valence-corrected chi connectivity index (χ0v) is 14.7. The van der Waals surface area contributed by atoms with E-state index in [4.69, 9.17) is 4.74 Å². The zero-order chi connectivity index (χ0) is 17.3. The molecule has 1 heterocycles. The molecule has 1 aliphatic rings. The van der Waals surface area contributed by atoms with E-state index in [1.165, 1.54) is 31.3 Å². The molecule has 132 valence electrons. The van der Waals surface area contributed by atoms with Gasteiger partial charge >= 0.3 is 0 Å². The molecule has 0 amide bonds. The highest BCUT2D eigenvalue weighted by atomic mass is 16.5. The average Bonchev–Trinajstić information content (AvgIpc) is 2.65. The van der Waals surface area contributed by atoms with Crippen LogP contribution in [0.2, 0.25) is 0 Å². The quantitative estimate of drug-likeness (QED) is 0.698. The van der Waals surface area contributed by atoms with Gasteiger partial charge in [0, 0.05) is 6.54 Å². The fraction of sp³-hybridized carbons (Fsp3) is 0.421. The van der Waals surface area contributed by atoms with Crippen LogP contribution in [0.3, 0.4) is 0 Å². The number of hydrogen-bond acceptors (Lipinski definition) is 6. The highest BCUT2D eigenvalue weighted by Gasteiger charge is 2.07. The number of hydrogen-bond donors (Lipinski definition) is 2. The van der Waals surface area contributed by atoms with Gasteiger partial charge in [-0.1, -0.05) is 23.8 Å². The Labute approximate surface area is 148 Å². The van der Waals surface area contributed by atoms with Crippen molar-refractivity contribution in [3.05, 3.63) is 42.1 Å². The lowest BCUT2D eigenvalue weighted by Crippen LogP contribution is -2.09. The fourth-order valence-electron chi connectivity index (χ4n) is 2.89. The van der Waals surface area contributed by atoms with E-state index in [1.807, 2.05) is 31.2 Å². The second kappa shape index (κ2) is 9.01. The van der Waals surface area contributed by atoms with Gasteiger partial charge in [0.2, 0.25) is 5.95 Å². The van der Waals surface area contributed by atoms with Crippen molar-refractivity contribution >= 4 is 17.5 Å². The minimum absolute atomic E-state index is 0.537. The largest absolute Gasteiger partial charge is 0.492 e. The maximum atomic E-state index is 5.62. The molecule has 0 saturated heterocycles. The Hall–Kier alpha value is -2.63. The molecule has 1 aliphatic carbocycles. The third kappa shape index (κ3) is 5.17. The van der Waals surface area contributed by atoms with Gasteiger partial charge in [-0.15, -0.1) is 5.10 Å². The van der Waals surface area contributed by atoms with Crippen molar-refractivity contribution in [2.75, 3.05) is 23.8 Å². The Balaban J connectivity index is 1.59. The Morgan fingerprint density at radius 3 is 2.96 bits per heavy atom. The molecular weight excluding hydrogens is 314 g/mol. The van der Waals surface area contributed by atoms with Crippen molar-refractivity contribution in [2.45, 2.75) is 39.0 Å². The van der Waals surface area contributed by atoms with Gasteiger partial charge in [0.15, 0.2) is 5.82 Å². The third-order valence-electron chi connectivity index (χ3n) is 4.12. The van der Waals surface area contributed by atoms with Crippen LogP contribution >= 0.6 is 0 Å². The van der Waals surface area contributed by atoms with E-state index in [0.717, 1.165) is 24.4 Å². The van der Waals surface area contributed by atoms with Gasteiger partial charge in [-0.2, -0.15) is 10.1 Å². The molecule has 0 radical (unpaired) electrons.